The predicted molar refractivity (Wildman–Crippen MR) is 81.3 cm³/mol. The van der Waals surface area contributed by atoms with Crippen LogP contribution in [0.2, 0.25) is 0 Å². The van der Waals surface area contributed by atoms with Gasteiger partial charge in [-0.2, -0.15) is 0 Å². The van der Waals surface area contributed by atoms with Crippen LogP contribution in [0.1, 0.15) is 16.2 Å². The second-order valence-corrected chi connectivity index (χ2v) is 5.68. The molecule has 116 valence electrons. The second-order valence-electron chi connectivity index (χ2n) is 4.73. The van der Waals surface area contributed by atoms with Gasteiger partial charge >= 0.3 is 0 Å². The van der Waals surface area contributed by atoms with Gasteiger partial charge in [0.15, 0.2) is 11.5 Å². The number of aromatic nitrogens is 2. The number of hydrogen-bond acceptors (Lipinski definition) is 7. The molecule has 1 aliphatic rings. The molecular formula is C15H11N3O4S. The number of thiophene rings is 1. The fraction of sp³-hybridized carbons (Fsp3) is 0.133. The lowest BCUT2D eigenvalue weighted by molar-refractivity contribution is 0.0947. The largest absolute Gasteiger partial charge is 0.454 e. The summed E-state index contributed by atoms with van der Waals surface area (Å²) in [5.41, 5.74) is 0.479. The van der Waals surface area contributed by atoms with Gasteiger partial charge in [-0.05, 0) is 29.6 Å². The molecule has 0 saturated carbocycles. The van der Waals surface area contributed by atoms with E-state index in [1.165, 1.54) is 11.3 Å². The first-order valence-electron chi connectivity index (χ1n) is 6.84. The maximum absolute atomic E-state index is 12.2. The van der Waals surface area contributed by atoms with Crippen LogP contribution < -0.4 is 14.8 Å². The lowest BCUT2D eigenvalue weighted by Gasteiger charge is -2.03. The minimum Gasteiger partial charge on any atom is -0.454 e. The van der Waals surface area contributed by atoms with Crippen molar-refractivity contribution in [2.75, 3.05) is 6.79 Å². The first-order chi connectivity index (χ1) is 11.3. The third-order valence-corrected chi connectivity index (χ3v) is 4.09. The zero-order chi connectivity index (χ0) is 15.6. The van der Waals surface area contributed by atoms with E-state index in [1.807, 2.05) is 17.5 Å². The van der Waals surface area contributed by atoms with Crippen molar-refractivity contribution in [3.05, 3.63) is 47.2 Å². The van der Waals surface area contributed by atoms with Gasteiger partial charge in [0.1, 0.15) is 0 Å². The average molecular weight is 329 g/mol. The molecule has 4 rings (SSSR count). The van der Waals surface area contributed by atoms with Crippen molar-refractivity contribution in [1.29, 1.82) is 0 Å². The molecule has 0 aliphatic carbocycles. The number of fused-ring (bicyclic) bond motifs is 1. The molecule has 8 heteroatoms. The Bertz CT molecular complexity index is 844. The lowest BCUT2D eigenvalue weighted by Crippen LogP contribution is -2.22. The van der Waals surface area contributed by atoms with E-state index >= 15 is 0 Å². The average Bonchev–Trinajstić information content (AvgIpc) is 3.32. The second kappa shape index (κ2) is 5.73. The SMILES string of the molecule is O=C(NCc1nnc(-c2cccs2)o1)c1ccc2c(c1)OCO2. The molecule has 2 aromatic heterocycles. The van der Waals surface area contributed by atoms with Gasteiger partial charge in [-0.1, -0.05) is 6.07 Å². The molecule has 0 radical (unpaired) electrons. The molecule has 1 aliphatic heterocycles. The molecule has 0 atom stereocenters. The molecule has 0 unspecified atom stereocenters. The third-order valence-electron chi connectivity index (χ3n) is 3.23. The highest BCUT2D eigenvalue weighted by molar-refractivity contribution is 7.13. The van der Waals surface area contributed by atoms with Gasteiger partial charge in [0, 0.05) is 5.56 Å². The molecule has 23 heavy (non-hydrogen) atoms. The van der Waals surface area contributed by atoms with Gasteiger partial charge in [0.25, 0.3) is 11.8 Å². The molecule has 0 saturated heterocycles. The van der Waals surface area contributed by atoms with E-state index in [2.05, 4.69) is 15.5 Å². The Hall–Kier alpha value is -2.87. The number of carbonyl (C=O) groups excluding carboxylic acids is 1. The first kappa shape index (κ1) is 13.8. The molecule has 0 bridgehead atoms. The van der Waals surface area contributed by atoms with Crippen LogP contribution in [0.15, 0.2) is 40.1 Å². The Balaban J connectivity index is 1.42. The number of ether oxygens (including phenoxy) is 2. The summed E-state index contributed by atoms with van der Waals surface area (Å²) in [6.45, 7) is 0.333. The number of amides is 1. The van der Waals surface area contributed by atoms with Gasteiger partial charge in [-0.3, -0.25) is 4.79 Å². The fourth-order valence-corrected chi connectivity index (χ4v) is 2.76. The minimum atomic E-state index is -0.251. The van der Waals surface area contributed by atoms with Crippen LogP contribution in [0.5, 0.6) is 11.5 Å². The van der Waals surface area contributed by atoms with Crippen molar-refractivity contribution < 1.29 is 18.7 Å². The molecule has 3 heterocycles. The number of nitrogens with zero attached hydrogens (tertiary/aromatic N) is 2. The first-order valence-corrected chi connectivity index (χ1v) is 7.72. The molecule has 0 spiro atoms. The molecule has 7 nitrogen and oxygen atoms in total. The number of nitrogens with one attached hydrogen (secondary N) is 1. The summed E-state index contributed by atoms with van der Waals surface area (Å²) in [7, 11) is 0. The predicted octanol–water partition coefficient (Wildman–Crippen LogP) is 2.46. The number of benzene rings is 1. The van der Waals surface area contributed by atoms with Crippen LogP contribution in [0, 0.1) is 0 Å². The smallest absolute Gasteiger partial charge is 0.257 e. The molecule has 1 aromatic carbocycles. The van der Waals surface area contributed by atoms with Gasteiger partial charge in [0.2, 0.25) is 12.7 Å². The van der Waals surface area contributed by atoms with Crippen molar-refractivity contribution in [2.45, 2.75) is 6.54 Å². The topological polar surface area (TPSA) is 86.5 Å². The maximum atomic E-state index is 12.2. The van der Waals surface area contributed by atoms with E-state index in [9.17, 15) is 4.79 Å². The van der Waals surface area contributed by atoms with E-state index in [4.69, 9.17) is 13.9 Å². The van der Waals surface area contributed by atoms with E-state index < -0.39 is 0 Å². The summed E-state index contributed by atoms with van der Waals surface area (Å²) in [6, 6.07) is 8.83. The Labute approximate surface area is 134 Å². The van der Waals surface area contributed by atoms with Crippen LogP contribution in [0.4, 0.5) is 0 Å². The van der Waals surface area contributed by atoms with Crippen LogP contribution in [0.25, 0.3) is 10.8 Å². The summed E-state index contributed by atoms with van der Waals surface area (Å²) in [4.78, 5) is 13.1. The molecule has 1 amide bonds. The van der Waals surface area contributed by atoms with E-state index in [0.29, 0.717) is 28.8 Å². The summed E-state index contributed by atoms with van der Waals surface area (Å²) in [6.07, 6.45) is 0. The van der Waals surface area contributed by atoms with Gasteiger partial charge in [-0.25, -0.2) is 0 Å². The Morgan fingerprint density at radius 1 is 1.22 bits per heavy atom. The molecule has 0 fully saturated rings. The normalized spacial score (nSPS) is 12.3. The summed E-state index contributed by atoms with van der Waals surface area (Å²) in [5.74, 6) is 1.75. The summed E-state index contributed by atoms with van der Waals surface area (Å²) in [5, 5.41) is 12.6. The maximum Gasteiger partial charge on any atom is 0.257 e. The van der Waals surface area contributed by atoms with E-state index in [0.717, 1.165) is 4.88 Å². The van der Waals surface area contributed by atoms with Gasteiger partial charge in [-0.15, -0.1) is 21.5 Å². The fourth-order valence-electron chi connectivity index (χ4n) is 2.12. The zero-order valence-corrected chi connectivity index (χ0v) is 12.6. The molecular weight excluding hydrogens is 318 g/mol. The Morgan fingerprint density at radius 3 is 3.00 bits per heavy atom. The van der Waals surface area contributed by atoms with E-state index in [-0.39, 0.29) is 19.2 Å². The Morgan fingerprint density at radius 2 is 2.13 bits per heavy atom. The lowest BCUT2D eigenvalue weighted by atomic mass is 10.2. The number of rotatable bonds is 4. The van der Waals surface area contributed by atoms with Gasteiger partial charge < -0.3 is 19.2 Å². The summed E-state index contributed by atoms with van der Waals surface area (Å²) >= 11 is 1.51. The zero-order valence-electron chi connectivity index (χ0n) is 11.8. The highest BCUT2D eigenvalue weighted by atomic mass is 32.1. The number of carbonyl (C=O) groups is 1. The van der Waals surface area contributed by atoms with Crippen LogP contribution in [-0.2, 0) is 6.54 Å². The third kappa shape index (κ3) is 2.76. The van der Waals surface area contributed by atoms with Crippen LogP contribution >= 0.6 is 11.3 Å². The van der Waals surface area contributed by atoms with Crippen molar-refractivity contribution >= 4 is 17.2 Å². The summed E-state index contributed by atoms with van der Waals surface area (Å²) < 4.78 is 16.0. The standard InChI is InChI=1S/C15H11N3O4S/c19-14(9-3-4-10-11(6-9)21-8-20-10)16-7-13-17-18-15(22-13)12-2-1-5-23-12/h1-6H,7-8H2,(H,16,19). The van der Waals surface area contributed by atoms with Crippen molar-refractivity contribution in [3.8, 4) is 22.3 Å². The Kier molecular flexibility index (Phi) is 3.43. The number of hydrogen-bond donors (Lipinski definition) is 1. The van der Waals surface area contributed by atoms with Crippen molar-refractivity contribution in [2.24, 2.45) is 0 Å². The quantitative estimate of drug-likeness (QED) is 0.791. The van der Waals surface area contributed by atoms with E-state index in [1.54, 1.807) is 18.2 Å². The monoisotopic (exact) mass is 329 g/mol. The van der Waals surface area contributed by atoms with Crippen LogP contribution in [-0.4, -0.2) is 22.9 Å². The molecule has 3 aromatic rings. The molecule has 1 N–H and O–H groups in total. The minimum absolute atomic E-state index is 0.158. The van der Waals surface area contributed by atoms with Gasteiger partial charge in [0.05, 0.1) is 11.4 Å². The van der Waals surface area contributed by atoms with Crippen molar-refractivity contribution in [1.82, 2.24) is 15.5 Å². The highest BCUT2D eigenvalue weighted by Crippen LogP contribution is 2.32. The van der Waals surface area contributed by atoms with Crippen LogP contribution in [0.3, 0.4) is 0 Å². The highest BCUT2D eigenvalue weighted by Gasteiger charge is 2.17. The van der Waals surface area contributed by atoms with Crippen molar-refractivity contribution in [3.63, 3.8) is 0 Å².